The Kier molecular flexibility index (Phi) is 7.44. The van der Waals surface area contributed by atoms with E-state index in [0.717, 1.165) is 6.42 Å². The lowest BCUT2D eigenvalue weighted by Crippen LogP contribution is -2.50. The molecule has 0 rings (SSSR count). The smallest absolute Gasteiger partial charge is 0.337 e. The summed E-state index contributed by atoms with van der Waals surface area (Å²) in [6.45, 7) is 1.89. The predicted octanol–water partition coefficient (Wildman–Crippen LogP) is -2.14. The maximum absolute atomic E-state index is 11.2. The van der Waals surface area contributed by atoms with Gasteiger partial charge in [0.2, 0.25) is 0 Å². The average Bonchev–Trinajstić information content (AvgIpc) is 2.35. The Balaban J connectivity index is 4.35. The number of carboxylic acids is 1. The molecule has 8 heteroatoms. The van der Waals surface area contributed by atoms with Crippen molar-refractivity contribution >= 4 is 11.9 Å². The number of carbonyl (C=O) groups excluding carboxylic acids is 1. The van der Waals surface area contributed by atoms with Crippen molar-refractivity contribution in [3.8, 4) is 0 Å². The summed E-state index contributed by atoms with van der Waals surface area (Å²) in [5.41, 5.74) is 0. The fourth-order valence-corrected chi connectivity index (χ4v) is 1.06. The molecule has 0 unspecified atom stereocenters. The van der Waals surface area contributed by atoms with E-state index < -0.39 is 36.4 Å². The summed E-state index contributed by atoms with van der Waals surface area (Å²) in [5, 5.41) is 45.1. The molecule has 4 atom stereocenters. The summed E-state index contributed by atoms with van der Waals surface area (Å²) in [6, 6.07) is 0. The van der Waals surface area contributed by atoms with Crippen LogP contribution in [0.3, 0.4) is 0 Å². The fourth-order valence-electron chi connectivity index (χ4n) is 1.06. The fraction of sp³-hybridized carbons (Fsp3) is 0.800. The first kappa shape index (κ1) is 16.8. The lowest BCUT2D eigenvalue weighted by molar-refractivity contribution is -0.176. The van der Waals surface area contributed by atoms with Crippen molar-refractivity contribution in [1.82, 2.24) is 0 Å². The molecular weight excluding hydrogens is 248 g/mol. The van der Waals surface area contributed by atoms with Gasteiger partial charge in [-0.2, -0.15) is 0 Å². The molecule has 0 aromatic heterocycles. The molecule has 0 aliphatic carbocycles. The van der Waals surface area contributed by atoms with Gasteiger partial charge >= 0.3 is 11.9 Å². The van der Waals surface area contributed by atoms with Crippen molar-refractivity contribution in [1.29, 1.82) is 0 Å². The topological polar surface area (TPSA) is 145 Å². The largest absolute Gasteiger partial charge is 0.479 e. The lowest BCUT2D eigenvalue weighted by atomic mass is 10.0. The molecule has 0 heterocycles. The van der Waals surface area contributed by atoms with Crippen LogP contribution in [0.1, 0.15) is 19.8 Å². The Morgan fingerprint density at radius 2 is 1.56 bits per heavy atom. The molecule has 0 aromatic rings. The SMILES string of the molecule is CCCCOC(=O)[C@@H](O)[C@@H](O)[C@H](O)[C@@H](O)C(=O)O. The van der Waals surface area contributed by atoms with Crippen molar-refractivity contribution in [2.24, 2.45) is 0 Å². The number of carboxylic acid groups (broad SMARTS) is 1. The van der Waals surface area contributed by atoms with E-state index in [2.05, 4.69) is 4.74 Å². The first-order chi connectivity index (χ1) is 8.32. The van der Waals surface area contributed by atoms with Crippen LogP contribution >= 0.6 is 0 Å². The van der Waals surface area contributed by atoms with Crippen molar-refractivity contribution in [2.45, 2.75) is 44.2 Å². The zero-order valence-corrected chi connectivity index (χ0v) is 9.89. The van der Waals surface area contributed by atoms with Gasteiger partial charge in [-0.1, -0.05) is 13.3 Å². The molecule has 8 nitrogen and oxygen atoms in total. The third kappa shape index (κ3) is 4.96. The highest BCUT2D eigenvalue weighted by molar-refractivity contribution is 5.76. The van der Waals surface area contributed by atoms with Crippen LogP contribution in [-0.2, 0) is 14.3 Å². The molecule has 0 amide bonds. The van der Waals surface area contributed by atoms with Gasteiger partial charge in [0.25, 0.3) is 0 Å². The maximum Gasteiger partial charge on any atom is 0.337 e. The number of aliphatic carboxylic acids is 1. The van der Waals surface area contributed by atoms with Crippen LogP contribution in [-0.4, -0.2) is 68.5 Å². The van der Waals surface area contributed by atoms with Gasteiger partial charge in [-0.3, -0.25) is 0 Å². The molecule has 0 aliphatic rings. The molecule has 0 saturated heterocycles. The first-order valence-corrected chi connectivity index (χ1v) is 5.44. The molecule has 0 fully saturated rings. The number of esters is 1. The van der Waals surface area contributed by atoms with E-state index in [1.165, 1.54) is 0 Å². The van der Waals surface area contributed by atoms with E-state index in [1.807, 2.05) is 6.92 Å². The summed E-state index contributed by atoms with van der Waals surface area (Å²) >= 11 is 0. The maximum atomic E-state index is 11.2. The Labute approximate surface area is 103 Å². The molecule has 5 N–H and O–H groups in total. The number of hydrogen-bond acceptors (Lipinski definition) is 7. The van der Waals surface area contributed by atoms with Gasteiger partial charge in [0.1, 0.15) is 12.2 Å². The molecule has 0 aliphatic heterocycles. The third-order valence-corrected chi connectivity index (χ3v) is 2.23. The van der Waals surface area contributed by atoms with Crippen molar-refractivity contribution < 1.29 is 39.9 Å². The second-order valence-corrected chi connectivity index (χ2v) is 3.73. The van der Waals surface area contributed by atoms with Crippen molar-refractivity contribution in [3.63, 3.8) is 0 Å². The van der Waals surface area contributed by atoms with Gasteiger partial charge in [-0.25, -0.2) is 9.59 Å². The minimum absolute atomic E-state index is 0.0384. The monoisotopic (exact) mass is 266 g/mol. The minimum Gasteiger partial charge on any atom is -0.479 e. The van der Waals surface area contributed by atoms with Crippen molar-refractivity contribution in [3.05, 3.63) is 0 Å². The summed E-state index contributed by atoms with van der Waals surface area (Å²) in [7, 11) is 0. The standard InChI is InChI=1S/C10H18O8/c1-2-3-4-18-10(17)8(14)6(12)5(11)7(13)9(15)16/h5-8,11-14H,2-4H2,1H3,(H,15,16)/t5-,6-,7+,8-/m0/s1. The van der Waals surface area contributed by atoms with Crippen molar-refractivity contribution in [2.75, 3.05) is 6.61 Å². The van der Waals surface area contributed by atoms with E-state index >= 15 is 0 Å². The summed E-state index contributed by atoms with van der Waals surface area (Å²) in [6.07, 6.45) is -7.45. The molecular formula is C10H18O8. The van der Waals surface area contributed by atoms with Gasteiger partial charge in [0.05, 0.1) is 6.61 Å². The Morgan fingerprint density at radius 3 is 2.00 bits per heavy atom. The number of carbonyl (C=O) groups is 2. The highest BCUT2D eigenvalue weighted by atomic mass is 16.5. The number of rotatable bonds is 8. The Morgan fingerprint density at radius 1 is 1.06 bits per heavy atom. The molecule has 0 aromatic carbocycles. The molecule has 0 radical (unpaired) electrons. The van der Waals surface area contributed by atoms with Gasteiger partial charge < -0.3 is 30.3 Å². The van der Waals surface area contributed by atoms with Crippen LogP contribution in [0.5, 0.6) is 0 Å². The zero-order valence-electron chi connectivity index (χ0n) is 9.89. The predicted molar refractivity (Wildman–Crippen MR) is 57.5 cm³/mol. The van der Waals surface area contributed by atoms with E-state index in [4.69, 9.17) is 10.2 Å². The molecule has 0 saturated carbocycles. The Bertz CT molecular complexity index is 279. The molecule has 0 bridgehead atoms. The number of ether oxygens (including phenoxy) is 1. The molecule has 0 spiro atoms. The van der Waals surface area contributed by atoms with E-state index in [-0.39, 0.29) is 6.61 Å². The number of aliphatic hydroxyl groups excluding tert-OH is 4. The summed E-state index contributed by atoms with van der Waals surface area (Å²) in [5.74, 6) is -2.97. The third-order valence-electron chi connectivity index (χ3n) is 2.23. The highest BCUT2D eigenvalue weighted by Crippen LogP contribution is 2.07. The quantitative estimate of drug-likeness (QED) is 0.247. The van der Waals surface area contributed by atoms with Gasteiger partial charge in [-0.05, 0) is 6.42 Å². The zero-order chi connectivity index (χ0) is 14.3. The normalized spacial score (nSPS) is 17.6. The summed E-state index contributed by atoms with van der Waals surface area (Å²) in [4.78, 5) is 21.5. The number of unbranched alkanes of at least 4 members (excludes halogenated alkanes) is 1. The van der Waals surface area contributed by atoms with Crippen LogP contribution in [0.4, 0.5) is 0 Å². The van der Waals surface area contributed by atoms with Crippen LogP contribution in [0.25, 0.3) is 0 Å². The minimum atomic E-state index is -2.31. The van der Waals surface area contributed by atoms with Crippen LogP contribution < -0.4 is 0 Å². The van der Waals surface area contributed by atoms with Gasteiger partial charge in [-0.15, -0.1) is 0 Å². The second kappa shape index (κ2) is 7.98. The number of aliphatic hydroxyl groups is 4. The second-order valence-electron chi connectivity index (χ2n) is 3.73. The van der Waals surface area contributed by atoms with Crippen LogP contribution in [0.15, 0.2) is 0 Å². The van der Waals surface area contributed by atoms with Gasteiger partial charge in [0, 0.05) is 0 Å². The molecule has 18 heavy (non-hydrogen) atoms. The van der Waals surface area contributed by atoms with Crippen LogP contribution in [0.2, 0.25) is 0 Å². The first-order valence-electron chi connectivity index (χ1n) is 5.44. The van der Waals surface area contributed by atoms with E-state index in [1.54, 1.807) is 0 Å². The Hall–Kier alpha value is -1.22. The van der Waals surface area contributed by atoms with E-state index in [9.17, 15) is 24.9 Å². The average molecular weight is 266 g/mol. The van der Waals surface area contributed by atoms with Crippen LogP contribution in [0, 0.1) is 0 Å². The lowest BCUT2D eigenvalue weighted by Gasteiger charge is -2.23. The van der Waals surface area contributed by atoms with E-state index in [0.29, 0.717) is 6.42 Å². The molecule has 106 valence electrons. The summed E-state index contributed by atoms with van der Waals surface area (Å²) < 4.78 is 4.57. The highest BCUT2D eigenvalue weighted by Gasteiger charge is 2.38. The van der Waals surface area contributed by atoms with Gasteiger partial charge in [0.15, 0.2) is 12.2 Å². The number of hydrogen-bond donors (Lipinski definition) is 5.